The van der Waals surface area contributed by atoms with E-state index >= 15 is 0 Å². The SMILES string of the molecule is COc1ccc(CCN2CC(NC(=O)c3scnc3C)CC2=O)cc1. The van der Waals surface area contributed by atoms with Gasteiger partial charge >= 0.3 is 0 Å². The van der Waals surface area contributed by atoms with Crippen molar-refractivity contribution in [2.45, 2.75) is 25.8 Å². The van der Waals surface area contributed by atoms with Crippen molar-refractivity contribution in [3.63, 3.8) is 0 Å². The van der Waals surface area contributed by atoms with Crippen LogP contribution >= 0.6 is 11.3 Å². The van der Waals surface area contributed by atoms with E-state index in [9.17, 15) is 9.59 Å². The van der Waals surface area contributed by atoms with E-state index in [1.807, 2.05) is 36.1 Å². The lowest BCUT2D eigenvalue weighted by Crippen LogP contribution is -2.37. The third kappa shape index (κ3) is 4.17. The standard InChI is InChI=1S/C18H21N3O3S/c1-12-17(25-11-19-12)18(23)20-14-9-16(22)21(10-14)8-7-13-3-5-15(24-2)6-4-13/h3-6,11,14H,7-10H2,1-2H3,(H,20,23). The quantitative estimate of drug-likeness (QED) is 0.857. The second-order valence-corrected chi connectivity index (χ2v) is 6.93. The summed E-state index contributed by atoms with van der Waals surface area (Å²) in [5, 5.41) is 2.95. The maximum Gasteiger partial charge on any atom is 0.263 e. The van der Waals surface area contributed by atoms with Gasteiger partial charge in [-0.05, 0) is 31.0 Å². The highest BCUT2D eigenvalue weighted by molar-refractivity contribution is 7.11. The molecule has 1 aromatic carbocycles. The molecule has 2 aromatic rings. The smallest absolute Gasteiger partial charge is 0.263 e. The minimum atomic E-state index is -0.144. The van der Waals surface area contributed by atoms with E-state index in [-0.39, 0.29) is 17.9 Å². The number of benzene rings is 1. The highest BCUT2D eigenvalue weighted by atomic mass is 32.1. The molecule has 0 radical (unpaired) electrons. The summed E-state index contributed by atoms with van der Waals surface area (Å²) in [5.41, 5.74) is 3.54. The van der Waals surface area contributed by atoms with Crippen molar-refractivity contribution >= 4 is 23.2 Å². The van der Waals surface area contributed by atoms with Crippen LogP contribution in [0.4, 0.5) is 0 Å². The second kappa shape index (κ2) is 7.65. The molecule has 1 aliphatic heterocycles. The molecule has 2 heterocycles. The van der Waals surface area contributed by atoms with Gasteiger partial charge in [-0.2, -0.15) is 0 Å². The fourth-order valence-corrected chi connectivity index (χ4v) is 3.62. The first-order valence-corrected chi connectivity index (χ1v) is 9.06. The number of hydrogen-bond donors (Lipinski definition) is 1. The van der Waals surface area contributed by atoms with E-state index in [0.29, 0.717) is 24.4 Å². The molecule has 1 fully saturated rings. The molecule has 1 unspecified atom stereocenters. The first-order chi connectivity index (χ1) is 12.1. The van der Waals surface area contributed by atoms with Crippen LogP contribution in [0.25, 0.3) is 0 Å². The van der Waals surface area contributed by atoms with Gasteiger partial charge in [-0.25, -0.2) is 4.98 Å². The molecular formula is C18H21N3O3S. The van der Waals surface area contributed by atoms with Crippen molar-refractivity contribution in [2.24, 2.45) is 0 Å². The van der Waals surface area contributed by atoms with Crippen molar-refractivity contribution in [1.82, 2.24) is 15.2 Å². The van der Waals surface area contributed by atoms with Crippen molar-refractivity contribution < 1.29 is 14.3 Å². The van der Waals surface area contributed by atoms with Crippen molar-refractivity contribution in [2.75, 3.05) is 20.2 Å². The maximum absolute atomic E-state index is 12.3. The third-order valence-electron chi connectivity index (χ3n) is 4.33. The number of hydrogen-bond acceptors (Lipinski definition) is 5. The summed E-state index contributed by atoms with van der Waals surface area (Å²) in [5.74, 6) is 0.761. The Bertz CT molecular complexity index is 757. The maximum atomic E-state index is 12.3. The van der Waals surface area contributed by atoms with Gasteiger partial charge in [0.25, 0.3) is 5.91 Å². The summed E-state index contributed by atoms with van der Waals surface area (Å²) >= 11 is 1.32. The summed E-state index contributed by atoms with van der Waals surface area (Å²) in [6, 6.07) is 7.71. The molecule has 6 nitrogen and oxygen atoms in total. The van der Waals surface area contributed by atoms with Gasteiger partial charge in [0, 0.05) is 19.5 Å². The number of carbonyl (C=O) groups excluding carboxylic acids is 2. The number of aryl methyl sites for hydroxylation is 1. The predicted molar refractivity (Wildman–Crippen MR) is 96.0 cm³/mol. The summed E-state index contributed by atoms with van der Waals surface area (Å²) in [6.45, 7) is 3.02. The molecule has 0 aliphatic carbocycles. The zero-order valence-corrected chi connectivity index (χ0v) is 15.1. The number of nitrogens with zero attached hydrogens (tertiary/aromatic N) is 2. The lowest BCUT2D eigenvalue weighted by molar-refractivity contribution is -0.127. The summed E-state index contributed by atoms with van der Waals surface area (Å²) in [6.07, 6.45) is 1.14. The Labute approximate surface area is 150 Å². The third-order valence-corrected chi connectivity index (χ3v) is 5.26. The minimum Gasteiger partial charge on any atom is -0.497 e. The Kier molecular flexibility index (Phi) is 5.33. The van der Waals surface area contributed by atoms with Gasteiger partial charge in [-0.1, -0.05) is 12.1 Å². The topological polar surface area (TPSA) is 71.5 Å². The lowest BCUT2D eigenvalue weighted by atomic mass is 10.1. The van der Waals surface area contributed by atoms with Gasteiger partial charge < -0.3 is 15.0 Å². The number of thiazole rings is 1. The van der Waals surface area contributed by atoms with Crippen LogP contribution in [0, 0.1) is 6.92 Å². The first kappa shape index (κ1) is 17.4. The van der Waals surface area contributed by atoms with Crippen LogP contribution in [0.15, 0.2) is 29.8 Å². The lowest BCUT2D eigenvalue weighted by Gasteiger charge is -2.17. The number of carbonyl (C=O) groups is 2. The van der Waals surface area contributed by atoms with Crippen LogP contribution in [0.3, 0.4) is 0 Å². The number of ether oxygens (including phenoxy) is 1. The van der Waals surface area contributed by atoms with Gasteiger partial charge in [0.1, 0.15) is 10.6 Å². The molecular weight excluding hydrogens is 338 g/mol. The summed E-state index contributed by atoms with van der Waals surface area (Å²) in [7, 11) is 1.64. The van der Waals surface area contributed by atoms with Crippen LogP contribution in [0.5, 0.6) is 5.75 Å². The van der Waals surface area contributed by atoms with Gasteiger partial charge in [-0.3, -0.25) is 9.59 Å². The Hall–Kier alpha value is -2.41. The zero-order valence-electron chi connectivity index (χ0n) is 14.3. The molecule has 0 bridgehead atoms. The average molecular weight is 359 g/mol. The van der Waals surface area contributed by atoms with Crippen LogP contribution < -0.4 is 10.1 Å². The fourth-order valence-electron chi connectivity index (χ4n) is 2.91. The number of aromatic nitrogens is 1. The fraction of sp³-hybridized carbons (Fsp3) is 0.389. The van der Waals surface area contributed by atoms with Gasteiger partial charge in [0.05, 0.1) is 24.4 Å². The first-order valence-electron chi connectivity index (χ1n) is 8.18. The molecule has 0 spiro atoms. The largest absolute Gasteiger partial charge is 0.497 e. The zero-order chi connectivity index (χ0) is 17.8. The summed E-state index contributed by atoms with van der Waals surface area (Å²) in [4.78, 5) is 31.0. The van der Waals surface area contributed by atoms with E-state index in [1.165, 1.54) is 11.3 Å². The highest BCUT2D eigenvalue weighted by Gasteiger charge is 2.30. The van der Waals surface area contributed by atoms with E-state index < -0.39 is 0 Å². The average Bonchev–Trinajstić information content (AvgIpc) is 3.19. The molecule has 0 saturated carbocycles. The molecule has 7 heteroatoms. The molecule has 1 aliphatic rings. The normalized spacial score (nSPS) is 17.0. The Balaban J connectivity index is 1.51. The van der Waals surface area contributed by atoms with Gasteiger partial charge in [0.2, 0.25) is 5.91 Å². The molecule has 132 valence electrons. The highest BCUT2D eigenvalue weighted by Crippen LogP contribution is 2.17. The Morgan fingerprint density at radius 1 is 1.40 bits per heavy atom. The number of nitrogens with one attached hydrogen (secondary N) is 1. The number of methoxy groups -OCH3 is 1. The molecule has 2 amide bonds. The molecule has 3 rings (SSSR count). The van der Waals surface area contributed by atoms with Gasteiger partial charge in [0.15, 0.2) is 0 Å². The molecule has 1 atom stereocenters. The second-order valence-electron chi connectivity index (χ2n) is 6.08. The van der Waals surface area contributed by atoms with Gasteiger partial charge in [-0.15, -0.1) is 11.3 Å². The van der Waals surface area contributed by atoms with Crippen LogP contribution in [0.1, 0.15) is 27.3 Å². The van der Waals surface area contributed by atoms with Crippen LogP contribution in [-0.2, 0) is 11.2 Å². The van der Waals surface area contributed by atoms with Crippen LogP contribution in [-0.4, -0.2) is 47.9 Å². The van der Waals surface area contributed by atoms with Crippen molar-refractivity contribution in [3.05, 3.63) is 45.9 Å². The van der Waals surface area contributed by atoms with Crippen molar-refractivity contribution in [1.29, 1.82) is 0 Å². The number of amides is 2. The Morgan fingerprint density at radius 3 is 2.80 bits per heavy atom. The number of rotatable bonds is 6. The predicted octanol–water partition coefficient (Wildman–Crippen LogP) is 2.03. The monoisotopic (exact) mass is 359 g/mol. The Morgan fingerprint density at radius 2 is 2.16 bits per heavy atom. The summed E-state index contributed by atoms with van der Waals surface area (Å²) < 4.78 is 5.15. The van der Waals surface area contributed by atoms with E-state index in [4.69, 9.17) is 4.74 Å². The van der Waals surface area contributed by atoms with Crippen LogP contribution in [0.2, 0.25) is 0 Å². The minimum absolute atomic E-state index is 0.0832. The molecule has 25 heavy (non-hydrogen) atoms. The molecule has 1 aromatic heterocycles. The number of likely N-dealkylation sites (tertiary alicyclic amines) is 1. The molecule has 1 saturated heterocycles. The van der Waals surface area contributed by atoms with Crippen molar-refractivity contribution in [3.8, 4) is 5.75 Å². The molecule has 1 N–H and O–H groups in total. The van der Waals surface area contributed by atoms with E-state index in [2.05, 4.69) is 10.3 Å². The van der Waals surface area contributed by atoms with E-state index in [1.54, 1.807) is 12.6 Å². The van der Waals surface area contributed by atoms with E-state index in [0.717, 1.165) is 23.4 Å².